The second-order valence-corrected chi connectivity index (χ2v) is 8.33. The van der Waals surface area contributed by atoms with Crippen molar-refractivity contribution in [2.24, 2.45) is 10.9 Å². The lowest BCUT2D eigenvalue weighted by molar-refractivity contribution is 0.166. The van der Waals surface area contributed by atoms with Crippen molar-refractivity contribution in [3.05, 3.63) is 65.1 Å². The second-order valence-electron chi connectivity index (χ2n) is 8.33. The van der Waals surface area contributed by atoms with Gasteiger partial charge in [0.25, 0.3) is 0 Å². The lowest BCUT2D eigenvalue weighted by atomic mass is 10.1. The largest absolute Gasteiger partial charge is 0.493 e. The first kappa shape index (κ1) is 22.1. The van der Waals surface area contributed by atoms with Crippen LogP contribution < -0.4 is 15.4 Å². The van der Waals surface area contributed by atoms with Crippen LogP contribution in [0, 0.1) is 19.8 Å². The van der Waals surface area contributed by atoms with Gasteiger partial charge in [0, 0.05) is 36.5 Å². The fraction of sp³-hybridized carbons (Fsp3) is 0.440. The van der Waals surface area contributed by atoms with Crippen LogP contribution in [0.5, 0.6) is 5.75 Å². The van der Waals surface area contributed by atoms with E-state index in [4.69, 9.17) is 19.5 Å². The number of guanidine groups is 1. The van der Waals surface area contributed by atoms with E-state index in [1.165, 1.54) is 5.56 Å². The van der Waals surface area contributed by atoms with E-state index in [1.807, 2.05) is 12.1 Å². The van der Waals surface area contributed by atoms with Gasteiger partial charge >= 0.3 is 0 Å². The molecule has 1 aliphatic rings. The molecule has 0 saturated carbocycles. The number of ether oxygens (including phenoxy) is 2. The monoisotopic (exact) mass is 435 g/mol. The van der Waals surface area contributed by atoms with E-state index in [2.05, 4.69) is 66.3 Å². The highest BCUT2D eigenvalue weighted by atomic mass is 16.5. The van der Waals surface area contributed by atoms with Crippen molar-refractivity contribution in [1.82, 2.24) is 20.0 Å². The van der Waals surface area contributed by atoms with Crippen molar-refractivity contribution in [1.29, 1.82) is 0 Å². The summed E-state index contributed by atoms with van der Waals surface area (Å²) in [5.74, 6) is 2.14. The summed E-state index contributed by atoms with van der Waals surface area (Å²) in [6.45, 7) is 10.5. The number of imidazole rings is 1. The first-order chi connectivity index (χ1) is 15.6. The molecule has 0 spiro atoms. The van der Waals surface area contributed by atoms with Gasteiger partial charge in [-0.15, -0.1) is 0 Å². The number of rotatable bonds is 8. The molecule has 1 aromatic carbocycles. The molecule has 1 atom stereocenters. The van der Waals surface area contributed by atoms with Crippen LogP contribution in [0.1, 0.15) is 35.9 Å². The highest BCUT2D eigenvalue weighted by Gasteiger charge is 2.17. The van der Waals surface area contributed by atoms with Crippen LogP contribution >= 0.6 is 0 Å². The number of aromatic nitrogens is 2. The maximum atomic E-state index is 6.17. The van der Waals surface area contributed by atoms with Gasteiger partial charge in [0.05, 0.1) is 32.0 Å². The highest BCUT2D eigenvalue weighted by Crippen LogP contribution is 2.23. The molecule has 7 nitrogen and oxygen atoms in total. The number of pyridine rings is 1. The molecular weight excluding hydrogens is 402 g/mol. The van der Waals surface area contributed by atoms with Crippen LogP contribution in [0.25, 0.3) is 5.65 Å². The summed E-state index contributed by atoms with van der Waals surface area (Å²) < 4.78 is 13.7. The number of nitrogens with one attached hydrogen (secondary N) is 2. The topological polar surface area (TPSA) is 72.2 Å². The van der Waals surface area contributed by atoms with Crippen molar-refractivity contribution in [3.8, 4) is 5.75 Å². The maximum Gasteiger partial charge on any atom is 0.191 e. The van der Waals surface area contributed by atoms with Crippen molar-refractivity contribution in [2.75, 3.05) is 26.4 Å². The van der Waals surface area contributed by atoms with Crippen molar-refractivity contribution in [3.63, 3.8) is 0 Å². The SMILES string of the molecule is CCNC(=NCc1ccc(C)cc1OCC1CCOC1)NCc1cn2c(C)cccc2n1. The van der Waals surface area contributed by atoms with Crippen LogP contribution in [-0.2, 0) is 17.8 Å². The number of aliphatic imine (C=N–C) groups is 1. The Kier molecular flexibility index (Phi) is 7.27. The van der Waals surface area contributed by atoms with Gasteiger partial charge in [-0.25, -0.2) is 9.98 Å². The quantitative estimate of drug-likeness (QED) is 0.418. The second kappa shape index (κ2) is 10.5. The number of benzene rings is 1. The molecule has 2 aromatic heterocycles. The van der Waals surface area contributed by atoms with Crippen LogP contribution in [0.15, 0.2) is 47.6 Å². The zero-order valence-electron chi connectivity index (χ0n) is 19.2. The van der Waals surface area contributed by atoms with Gasteiger partial charge in [0.2, 0.25) is 0 Å². The Bertz CT molecular complexity index is 1070. The van der Waals surface area contributed by atoms with Gasteiger partial charge in [-0.05, 0) is 51.0 Å². The van der Waals surface area contributed by atoms with Gasteiger partial charge in [0.1, 0.15) is 11.4 Å². The average Bonchev–Trinajstić information content (AvgIpc) is 3.45. The Hall–Kier alpha value is -3.06. The lowest BCUT2D eigenvalue weighted by Crippen LogP contribution is -2.36. The minimum Gasteiger partial charge on any atom is -0.493 e. The Morgan fingerprint density at radius 1 is 1.25 bits per heavy atom. The first-order valence-electron chi connectivity index (χ1n) is 11.4. The minimum atomic E-state index is 0.472. The summed E-state index contributed by atoms with van der Waals surface area (Å²) >= 11 is 0. The Balaban J connectivity index is 1.42. The third-order valence-corrected chi connectivity index (χ3v) is 5.66. The molecule has 1 fully saturated rings. The molecule has 0 bridgehead atoms. The summed E-state index contributed by atoms with van der Waals surface area (Å²) in [6, 6.07) is 12.4. The summed E-state index contributed by atoms with van der Waals surface area (Å²) in [5.41, 5.74) is 5.36. The van der Waals surface area contributed by atoms with E-state index in [0.29, 0.717) is 25.6 Å². The molecule has 1 aliphatic heterocycles. The fourth-order valence-electron chi connectivity index (χ4n) is 3.81. The lowest BCUT2D eigenvalue weighted by Gasteiger charge is -2.15. The van der Waals surface area contributed by atoms with Gasteiger partial charge in [-0.3, -0.25) is 0 Å². The van der Waals surface area contributed by atoms with E-state index in [9.17, 15) is 0 Å². The summed E-state index contributed by atoms with van der Waals surface area (Å²) in [7, 11) is 0. The minimum absolute atomic E-state index is 0.472. The van der Waals surface area contributed by atoms with Gasteiger partial charge in [-0.1, -0.05) is 18.2 Å². The van der Waals surface area contributed by atoms with Gasteiger partial charge < -0.3 is 24.5 Å². The molecule has 32 heavy (non-hydrogen) atoms. The molecule has 1 saturated heterocycles. The first-order valence-corrected chi connectivity index (χ1v) is 11.4. The fourth-order valence-corrected chi connectivity index (χ4v) is 3.81. The molecule has 0 aliphatic carbocycles. The van der Waals surface area contributed by atoms with E-state index in [-0.39, 0.29) is 0 Å². The van der Waals surface area contributed by atoms with E-state index < -0.39 is 0 Å². The maximum absolute atomic E-state index is 6.17. The van der Waals surface area contributed by atoms with E-state index in [0.717, 1.165) is 60.5 Å². The molecular formula is C25H33N5O2. The number of hydrogen-bond donors (Lipinski definition) is 2. The molecule has 2 N–H and O–H groups in total. The molecule has 0 amide bonds. The third-order valence-electron chi connectivity index (χ3n) is 5.66. The van der Waals surface area contributed by atoms with Crippen molar-refractivity contribution < 1.29 is 9.47 Å². The summed E-state index contributed by atoms with van der Waals surface area (Å²) in [5, 5.41) is 6.72. The zero-order valence-corrected chi connectivity index (χ0v) is 19.2. The third kappa shape index (κ3) is 5.59. The molecule has 1 unspecified atom stereocenters. The summed E-state index contributed by atoms with van der Waals surface area (Å²) in [4.78, 5) is 9.49. The van der Waals surface area contributed by atoms with Crippen LogP contribution in [0.4, 0.5) is 0 Å². The molecule has 7 heteroatoms. The molecule has 3 aromatic rings. The molecule has 4 rings (SSSR count). The molecule has 3 heterocycles. The van der Waals surface area contributed by atoms with Crippen molar-refractivity contribution in [2.45, 2.75) is 40.3 Å². The smallest absolute Gasteiger partial charge is 0.191 e. The van der Waals surface area contributed by atoms with E-state index in [1.54, 1.807) is 0 Å². The van der Waals surface area contributed by atoms with Crippen molar-refractivity contribution >= 4 is 11.6 Å². The van der Waals surface area contributed by atoms with Gasteiger partial charge in [-0.2, -0.15) is 0 Å². The number of nitrogens with zero attached hydrogens (tertiary/aromatic N) is 3. The normalized spacial score (nSPS) is 16.5. The Labute approximate surface area is 189 Å². The Morgan fingerprint density at radius 2 is 2.16 bits per heavy atom. The number of fused-ring (bicyclic) bond motifs is 1. The molecule has 170 valence electrons. The predicted octanol–water partition coefficient (Wildman–Crippen LogP) is 3.62. The van der Waals surface area contributed by atoms with E-state index >= 15 is 0 Å². The van der Waals surface area contributed by atoms with Gasteiger partial charge in [0.15, 0.2) is 5.96 Å². The van der Waals surface area contributed by atoms with Crippen LogP contribution in [0.2, 0.25) is 0 Å². The molecule has 0 radical (unpaired) electrons. The zero-order chi connectivity index (χ0) is 22.3. The average molecular weight is 436 g/mol. The predicted molar refractivity (Wildman–Crippen MR) is 127 cm³/mol. The standard InChI is InChI=1S/C25H33N5O2/c1-4-26-25(28-14-22-15-30-19(3)6-5-7-24(30)29-22)27-13-21-9-8-18(2)12-23(21)32-17-20-10-11-31-16-20/h5-9,12,15,20H,4,10-11,13-14,16-17H2,1-3H3,(H2,26,27,28). The summed E-state index contributed by atoms with van der Waals surface area (Å²) in [6.07, 6.45) is 3.14. The van der Waals surface area contributed by atoms with Crippen LogP contribution in [0.3, 0.4) is 0 Å². The highest BCUT2D eigenvalue weighted by molar-refractivity contribution is 5.79. The number of hydrogen-bond acceptors (Lipinski definition) is 4. The Morgan fingerprint density at radius 3 is 2.94 bits per heavy atom. The number of aryl methyl sites for hydroxylation is 2. The van der Waals surface area contributed by atoms with Crippen LogP contribution in [-0.4, -0.2) is 41.7 Å².